The lowest BCUT2D eigenvalue weighted by molar-refractivity contribution is 0.216. The van der Waals surface area contributed by atoms with Gasteiger partial charge < -0.3 is 15.1 Å². The maximum Gasteiger partial charge on any atom is 0.138 e. The van der Waals surface area contributed by atoms with Gasteiger partial charge in [-0.25, -0.2) is 4.99 Å². The van der Waals surface area contributed by atoms with E-state index >= 15 is 0 Å². The Morgan fingerprint density at radius 2 is 1.68 bits per heavy atom. The highest BCUT2D eigenvalue weighted by Crippen LogP contribution is 2.41. The Balaban J connectivity index is 1.88. The molecule has 0 unspecified atom stereocenters. The standard InChI is InChI=1S/C18H17Cl3N4/c1-24-5-7-25(8-6-24)18-11-3-2-4-12(19)17(11)22-15-9-13(20)14(21)10-16(15)23-18/h2-4,9-10,22H,5-8H2,1H3. The molecular formula is C18H17Cl3N4. The third-order valence-electron chi connectivity index (χ3n) is 4.58. The number of nitrogens with one attached hydrogen (secondary N) is 1. The van der Waals surface area contributed by atoms with E-state index in [9.17, 15) is 0 Å². The largest absolute Gasteiger partial charge is 0.353 e. The summed E-state index contributed by atoms with van der Waals surface area (Å²) in [6.45, 7) is 3.82. The molecule has 130 valence electrons. The van der Waals surface area contributed by atoms with Gasteiger partial charge in [0.2, 0.25) is 0 Å². The van der Waals surface area contributed by atoms with Crippen LogP contribution < -0.4 is 5.32 Å². The molecular weight excluding hydrogens is 379 g/mol. The number of nitrogens with zero attached hydrogens (tertiary/aromatic N) is 3. The first-order valence-corrected chi connectivity index (χ1v) is 9.23. The maximum atomic E-state index is 6.48. The molecule has 0 saturated carbocycles. The van der Waals surface area contributed by atoms with Crippen molar-refractivity contribution in [2.45, 2.75) is 0 Å². The van der Waals surface area contributed by atoms with E-state index in [1.54, 1.807) is 12.1 Å². The van der Waals surface area contributed by atoms with Crippen molar-refractivity contribution in [3.05, 3.63) is 51.0 Å². The van der Waals surface area contributed by atoms with Crippen molar-refractivity contribution in [3.8, 4) is 0 Å². The molecule has 0 aromatic heterocycles. The zero-order valence-corrected chi connectivity index (χ0v) is 16.0. The monoisotopic (exact) mass is 394 g/mol. The third kappa shape index (κ3) is 3.20. The third-order valence-corrected chi connectivity index (χ3v) is 5.62. The molecule has 7 heteroatoms. The number of benzene rings is 2. The minimum Gasteiger partial charge on any atom is -0.353 e. The van der Waals surface area contributed by atoms with Crippen LogP contribution >= 0.6 is 34.8 Å². The summed E-state index contributed by atoms with van der Waals surface area (Å²) in [6, 6.07) is 9.45. The number of piperazine rings is 1. The van der Waals surface area contributed by atoms with Crippen LogP contribution in [0, 0.1) is 0 Å². The lowest BCUT2D eigenvalue weighted by Gasteiger charge is -2.34. The van der Waals surface area contributed by atoms with Crippen LogP contribution in [0.15, 0.2) is 35.3 Å². The normalized spacial score (nSPS) is 17.3. The Bertz CT molecular complexity index is 858. The van der Waals surface area contributed by atoms with Gasteiger partial charge in [0.1, 0.15) is 5.84 Å². The molecule has 2 aromatic rings. The number of anilines is 2. The van der Waals surface area contributed by atoms with E-state index in [1.165, 1.54) is 0 Å². The maximum absolute atomic E-state index is 6.48. The highest BCUT2D eigenvalue weighted by atomic mass is 35.5. The van der Waals surface area contributed by atoms with Crippen molar-refractivity contribution >= 4 is 57.7 Å². The van der Waals surface area contributed by atoms with Gasteiger partial charge in [-0.15, -0.1) is 0 Å². The van der Waals surface area contributed by atoms with Crippen molar-refractivity contribution in [2.75, 3.05) is 38.5 Å². The zero-order chi connectivity index (χ0) is 17.6. The van der Waals surface area contributed by atoms with Crippen LogP contribution in [-0.4, -0.2) is 48.9 Å². The molecule has 4 rings (SSSR count). The van der Waals surface area contributed by atoms with Gasteiger partial charge in [0.15, 0.2) is 0 Å². The smallest absolute Gasteiger partial charge is 0.138 e. The summed E-state index contributed by atoms with van der Waals surface area (Å²) in [6.07, 6.45) is 0. The van der Waals surface area contributed by atoms with Crippen LogP contribution in [0.4, 0.5) is 17.1 Å². The predicted octanol–water partition coefficient (Wildman–Crippen LogP) is 5.03. The zero-order valence-electron chi connectivity index (χ0n) is 13.7. The number of aliphatic imine (C=N–C) groups is 1. The molecule has 2 aromatic carbocycles. The minimum atomic E-state index is 0.486. The van der Waals surface area contributed by atoms with Gasteiger partial charge in [-0.05, 0) is 31.3 Å². The van der Waals surface area contributed by atoms with Crippen molar-refractivity contribution < 1.29 is 0 Å². The molecule has 2 heterocycles. The van der Waals surface area contributed by atoms with Gasteiger partial charge in [0.05, 0.1) is 32.1 Å². The van der Waals surface area contributed by atoms with Crippen LogP contribution in [0.1, 0.15) is 5.56 Å². The van der Waals surface area contributed by atoms with Gasteiger partial charge in [-0.3, -0.25) is 0 Å². The minimum absolute atomic E-state index is 0.486. The molecule has 2 aliphatic heterocycles. The molecule has 4 nitrogen and oxygen atoms in total. The van der Waals surface area contributed by atoms with E-state index in [-0.39, 0.29) is 0 Å². The van der Waals surface area contributed by atoms with Crippen LogP contribution in [-0.2, 0) is 0 Å². The van der Waals surface area contributed by atoms with E-state index in [0.29, 0.717) is 15.1 Å². The van der Waals surface area contributed by atoms with Gasteiger partial charge >= 0.3 is 0 Å². The summed E-state index contributed by atoms with van der Waals surface area (Å²) in [5, 5.41) is 5.01. The van der Waals surface area contributed by atoms with Gasteiger partial charge in [0, 0.05) is 31.7 Å². The number of amidine groups is 1. The molecule has 0 aliphatic carbocycles. The van der Waals surface area contributed by atoms with Crippen LogP contribution in [0.2, 0.25) is 15.1 Å². The van der Waals surface area contributed by atoms with E-state index in [2.05, 4.69) is 22.2 Å². The summed E-state index contributed by atoms with van der Waals surface area (Å²) in [4.78, 5) is 9.55. The SMILES string of the molecule is CN1CCN(C2=Nc3cc(Cl)c(Cl)cc3Nc3c(Cl)cccc32)CC1. The summed E-state index contributed by atoms with van der Waals surface area (Å²) in [5.41, 5.74) is 3.39. The first kappa shape index (κ1) is 17.0. The lowest BCUT2D eigenvalue weighted by atomic mass is 10.1. The molecule has 1 N–H and O–H groups in total. The number of para-hydroxylation sites is 1. The summed E-state index contributed by atoms with van der Waals surface area (Å²) >= 11 is 18.9. The molecule has 0 spiro atoms. The Morgan fingerprint density at radius 1 is 0.960 bits per heavy atom. The van der Waals surface area contributed by atoms with E-state index in [1.807, 2.05) is 18.2 Å². The second-order valence-electron chi connectivity index (χ2n) is 6.30. The fraction of sp³-hybridized carbons (Fsp3) is 0.278. The Kier molecular flexibility index (Phi) is 4.54. The molecule has 1 saturated heterocycles. The molecule has 0 radical (unpaired) electrons. The van der Waals surface area contributed by atoms with E-state index in [0.717, 1.165) is 54.6 Å². The Labute approximate surface area is 162 Å². The molecule has 0 amide bonds. The van der Waals surface area contributed by atoms with Crippen LogP contribution in [0.3, 0.4) is 0 Å². The Morgan fingerprint density at radius 3 is 2.44 bits per heavy atom. The van der Waals surface area contributed by atoms with Gasteiger partial charge in [0.25, 0.3) is 0 Å². The number of hydrogen-bond donors (Lipinski definition) is 1. The van der Waals surface area contributed by atoms with E-state index < -0.39 is 0 Å². The molecule has 1 fully saturated rings. The topological polar surface area (TPSA) is 30.9 Å². The number of likely N-dealkylation sites (N-methyl/N-ethyl adjacent to an activating group) is 1. The van der Waals surface area contributed by atoms with Crippen molar-refractivity contribution in [2.24, 2.45) is 4.99 Å². The highest BCUT2D eigenvalue weighted by molar-refractivity contribution is 6.42. The number of rotatable bonds is 0. The average molecular weight is 396 g/mol. The molecule has 0 atom stereocenters. The van der Waals surface area contributed by atoms with Gasteiger partial charge in [-0.2, -0.15) is 0 Å². The first-order chi connectivity index (χ1) is 12.0. The van der Waals surface area contributed by atoms with Gasteiger partial charge in [-0.1, -0.05) is 40.9 Å². The first-order valence-electron chi connectivity index (χ1n) is 8.10. The highest BCUT2D eigenvalue weighted by Gasteiger charge is 2.25. The van der Waals surface area contributed by atoms with Crippen molar-refractivity contribution in [3.63, 3.8) is 0 Å². The van der Waals surface area contributed by atoms with Crippen LogP contribution in [0.25, 0.3) is 0 Å². The summed E-state index contributed by atoms with van der Waals surface area (Å²) < 4.78 is 0. The summed E-state index contributed by atoms with van der Waals surface area (Å²) in [5.74, 6) is 0.912. The van der Waals surface area contributed by atoms with Crippen molar-refractivity contribution in [1.29, 1.82) is 0 Å². The van der Waals surface area contributed by atoms with Crippen molar-refractivity contribution in [1.82, 2.24) is 9.80 Å². The molecule has 25 heavy (non-hydrogen) atoms. The Hall–Kier alpha value is -1.46. The second-order valence-corrected chi connectivity index (χ2v) is 7.52. The fourth-order valence-electron chi connectivity index (χ4n) is 3.13. The molecule has 2 aliphatic rings. The second kappa shape index (κ2) is 6.69. The average Bonchev–Trinajstić information content (AvgIpc) is 2.74. The number of hydrogen-bond acceptors (Lipinski definition) is 4. The van der Waals surface area contributed by atoms with Crippen LogP contribution in [0.5, 0.6) is 0 Å². The fourth-order valence-corrected chi connectivity index (χ4v) is 3.68. The molecule has 0 bridgehead atoms. The summed E-state index contributed by atoms with van der Waals surface area (Å²) in [7, 11) is 2.13. The lowest BCUT2D eigenvalue weighted by Crippen LogP contribution is -2.47. The number of fused-ring (bicyclic) bond motifs is 2. The predicted molar refractivity (Wildman–Crippen MR) is 106 cm³/mol. The van der Waals surface area contributed by atoms with E-state index in [4.69, 9.17) is 39.8 Å². The quantitative estimate of drug-likeness (QED) is 0.679. The number of halogens is 3.